The quantitative estimate of drug-likeness (QED) is 0.737. The van der Waals surface area contributed by atoms with Crippen molar-refractivity contribution in [3.8, 4) is 0 Å². The Balaban J connectivity index is 3.19. The smallest absolute Gasteiger partial charge is 0.383 e. The number of halogens is 4. The zero-order valence-corrected chi connectivity index (χ0v) is 14.4. The molecule has 0 aliphatic heterocycles. The van der Waals surface area contributed by atoms with Crippen LogP contribution in [0.15, 0.2) is 24.3 Å². The number of hydrogen-bond acceptors (Lipinski definition) is 3. The zero-order chi connectivity index (χ0) is 17.8. The molecule has 0 aromatic heterocycles. The summed E-state index contributed by atoms with van der Waals surface area (Å²) >= 11 is 5.67. The number of rotatable bonds is 7. The van der Waals surface area contributed by atoms with E-state index >= 15 is 0 Å². The van der Waals surface area contributed by atoms with E-state index in [2.05, 4.69) is 0 Å². The van der Waals surface area contributed by atoms with E-state index in [9.17, 15) is 21.6 Å². The molecule has 0 radical (unpaired) electrons. The van der Waals surface area contributed by atoms with Crippen LogP contribution >= 0.6 is 11.6 Å². The molecule has 0 saturated carbocycles. The molecule has 0 heterocycles. The van der Waals surface area contributed by atoms with Crippen LogP contribution in [0, 0.1) is 0 Å². The summed E-state index contributed by atoms with van der Waals surface area (Å²) in [7, 11) is -0.858. The van der Waals surface area contributed by atoms with Gasteiger partial charge < -0.3 is 4.74 Å². The van der Waals surface area contributed by atoms with E-state index in [4.69, 9.17) is 16.3 Å². The normalized spacial score (nSPS) is 14.5. The molecule has 10 heteroatoms. The van der Waals surface area contributed by atoms with Crippen molar-refractivity contribution in [2.45, 2.75) is 12.2 Å². The molecule has 1 aromatic carbocycles. The molecule has 23 heavy (non-hydrogen) atoms. The van der Waals surface area contributed by atoms with Gasteiger partial charge in [-0.25, -0.2) is 0 Å². The van der Waals surface area contributed by atoms with Crippen LogP contribution in [0.3, 0.4) is 0 Å². The maximum atomic E-state index is 13.4. The van der Waals surface area contributed by atoms with Crippen molar-refractivity contribution in [3.05, 3.63) is 34.9 Å². The van der Waals surface area contributed by atoms with Crippen molar-refractivity contribution in [3.63, 3.8) is 0 Å². The van der Waals surface area contributed by atoms with Gasteiger partial charge in [0.1, 0.15) is 6.04 Å². The molecule has 0 N–H and O–H groups in total. The molecule has 0 bridgehead atoms. The minimum atomic E-state index is -4.78. The zero-order valence-electron chi connectivity index (χ0n) is 12.8. The van der Waals surface area contributed by atoms with Crippen LogP contribution in [0.25, 0.3) is 0 Å². The Morgan fingerprint density at radius 3 is 2.17 bits per heavy atom. The van der Waals surface area contributed by atoms with Gasteiger partial charge in [-0.2, -0.15) is 30.2 Å². The Labute approximate surface area is 138 Å². The lowest BCUT2D eigenvalue weighted by Crippen LogP contribution is -2.46. The van der Waals surface area contributed by atoms with Crippen LogP contribution in [0.2, 0.25) is 5.02 Å². The van der Waals surface area contributed by atoms with E-state index in [-0.39, 0.29) is 23.7 Å². The molecule has 0 aliphatic carbocycles. The third kappa shape index (κ3) is 5.05. The van der Waals surface area contributed by atoms with E-state index < -0.39 is 22.4 Å². The summed E-state index contributed by atoms with van der Waals surface area (Å²) < 4.78 is 70.8. The molecule has 0 aliphatic rings. The third-order valence-corrected chi connectivity index (χ3v) is 5.39. The maximum absolute atomic E-state index is 13.4. The number of benzene rings is 1. The third-order valence-electron chi connectivity index (χ3n) is 3.23. The molecule has 0 unspecified atom stereocenters. The lowest BCUT2D eigenvalue weighted by atomic mass is 10.1. The molecule has 0 amide bonds. The molecule has 0 spiro atoms. The Bertz CT molecular complexity index is 608. The summed E-state index contributed by atoms with van der Waals surface area (Å²) in [5.74, 6) is 0. The van der Waals surface area contributed by atoms with Gasteiger partial charge in [-0.3, -0.25) is 0 Å². The maximum Gasteiger partial charge on any atom is 0.409 e. The van der Waals surface area contributed by atoms with Gasteiger partial charge in [-0.15, -0.1) is 0 Å². The van der Waals surface area contributed by atoms with Gasteiger partial charge in [-0.1, -0.05) is 23.7 Å². The second-order valence-electron chi connectivity index (χ2n) is 4.83. The van der Waals surface area contributed by atoms with Crippen molar-refractivity contribution in [1.29, 1.82) is 0 Å². The molecule has 1 aromatic rings. The minimum absolute atomic E-state index is 0.0611. The largest absolute Gasteiger partial charge is 0.409 e. The van der Waals surface area contributed by atoms with Crippen molar-refractivity contribution >= 4 is 21.8 Å². The predicted octanol–water partition coefficient (Wildman–Crippen LogP) is 2.70. The molecule has 5 nitrogen and oxygen atoms in total. The summed E-state index contributed by atoms with van der Waals surface area (Å²) in [6, 6.07) is 2.56. The van der Waals surface area contributed by atoms with Crippen LogP contribution in [0.5, 0.6) is 0 Å². The standard InChI is InChI=1S/C13H18ClF3N2O3S/c1-18(8-9-22-3)23(20,21)19(2)12(13(15,16)17)10-4-6-11(14)7-5-10/h4-7,12H,8-9H2,1-3H3/t12-/m1/s1. The Morgan fingerprint density at radius 1 is 1.22 bits per heavy atom. The molecule has 1 atom stereocenters. The molecule has 132 valence electrons. The van der Waals surface area contributed by atoms with Gasteiger partial charge in [0.2, 0.25) is 0 Å². The SMILES string of the molecule is COCCN(C)S(=O)(=O)N(C)[C@H](c1ccc(Cl)cc1)C(F)(F)F. The van der Waals surface area contributed by atoms with Crippen molar-refractivity contribution in [1.82, 2.24) is 8.61 Å². The molecule has 0 saturated heterocycles. The monoisotopic (exact) mass is 374 g/mol. The highest BCUT2D eigenvalue weighted by Crippen LogP contribution is 2.39. The summed E-state index contributed by atoms with van der Waals surface area (Å²) in [6.07, 6.45) is -4.78. The average molecular weight is 375 g/mol. The van der Waals surface area contributed by atoms with Crippen LogP contribution in [-0.2, 0) is 14.9 Å². The molecule has 0 fully saturated rings. The van der Waals surface area contributed by atoms with Crippen molar-refractivity contribution < 1.29 is 26.3 Å². The van der Waals surface area contributed by atoms with Gasteiger partial charge in [-0.05, 0) is 17.7 Å². The van der Waals surface area contributed by atoms with Gasteiger partial charge in [0.05, 0.1) is 6.61 Å². The Morgan fingerprint density at radius 2 is 1.74 bits per heavy atom. The fraction of sp³-hybridized carbons (Fsp3) is 0.538. The van der Waals surface area contributed by atoms with Crippen LogP contribution in [0.4, 0.5) is 13.2 Å². The van der Waals surface area contributed by atoms with E-state index in [1.165, 1.54) is 26.3 Å². The lowest BCUT2D eigenvalue weighted by molar-refractivity contribution is -0.171. The number of hydrogen-bond donors (Lipinski definition) is 0. The van der Waals surface area contributed by atoms with E-state index in [1.807, 2.05) is 0 Å². The van der Waals surface area contributed by atoms with Crippen LogP contribution in [-0.4, -0.2) is 57.6 Å². The number of nitrogens with zero attached hydrogens (tertiary/aromatic N) is 2. The first kappa shape index (κ1) is 20.2. The number of alkyl halides is 3. The topological polar surface area (TPSA) is 49.9 Å². The summed E-state index contributed by atoms with van der Waals surface area (Å²) in [5, 5.41) is 0.261. The molecular weight excluding hydrogens is 357 g/mol. The second kappa shape index (κ2) is 7.80. The van der Waals surface area contributed by atoms with E-state index in [0.29, 0.717) is 4.31 Å². The average Bonchev–Trinajstić information content (AvgIpc) is 2.45. The number of ether oxygens (including phenoxy) is 1. The highest BCUT2D eigenvalue weighted by molar-refractivity contribution is 7.86. The predicted molar refractivity (Wildman–Crippen MR) is 81.4 cm³/mol. The highest BCUT2D eigenvalue weighted by Gasteiger charge is 2.48. The minimum Gasteiger partial charge on any atom is -0.383 e. The summed E-state index contributed by atoms with van der Waals surface area (Å²) in [4.78, 5) is 0. The van der Waals surface area contributed by atoms with Gasteiger partial charge in [0, 0.05) is 32.8 Å². The summed E-state index contributed by atoms with van der Waals surface area (Å²) in [6.45, 7) is 0.00949. The summed E-state index contributed by atoms with van der Waals surface area (Å²) in [5.41, 5.74) is -0.215. The first-order valence-electron chi connectivity index (χ1n) is 6.52. The Hall–Kier alpha value is -0.870. The number of likely N-dealkylation sites (N-methyl/N-ethyl adjacent to an activating group) is 1. The van der Waals surface area contributed by atoms with Gasteiger partial charge in [0.25, 0.3) is 10.2 Å². The lowest BCUT2D eigenvalue weighted by Gasteiger charge is -2.32. The van der Waals surface area contributed by atoms with Gasteiger partial charge >= 0.3 is 6.18 Å². The van der Waals surface area contributed by atoms with Crippen molar-refractivity contribution in [2.75, 3.05) is 34.4 Å². The first-order chi connectivity index (χ1) is 10.5. The van der Waals surface area contributed by atoms with E-state index in [0.717, 1.165) is 23.5 Å². The van der Waals surface area contributed by atoms with Crippen LogP contribution < -0.4 is 0 Å². The first-order valence-corrected chi connectivity index (χ1v) is 8.29. The van der Waals surface area contributed by atoms with E-state index in [1.54, 1.807) is 0 Å². The van der Waals surface area contributed by atoms with Gasteiger partial charge in [0.15, 0.2) is 0 Å². The molecule has 1 rings (SSSR count). The second-order valence-corrected chi connectivity index (χ2v) is 7.37. The van der Waals surface area contributed by atoms with Crippen molar-refractivity contribution in [2.24, 2.45) is 0 Å². The number of methoxy groups -OCH3 is 1. The fourth-order valence-electron chi connectivity index (χ4n) is 1.94. The highest BCUT2D eigenvalue weighted by atomic mass is 35.5. The Kier molecular flexibility index (Phi) is 6.84. The molecular formula is C13H18ClF3N2O3S. The van der Waals surface area contributed by atoms with Crippen LogP contribution in [0.1, 0.15) is 11.6 Å². The fourth-order valence-corrected chi connectivity index (χ4v) is 3.32.